The predicted molar refractivity (Wildman–Crippen MR) is 133 cm³/mol. The van der Waals surface area contributed by atoms with Gasteiger partial charge in [0.15, 0.2) is 0 Å². The number of alkyl carbamates (subject to hydrolysis) is 1. The smallest absolute Gasteiger partial charge is 0.408 e. The van der Waals surface area contributed by atoms with Gasteiger partial charge in [0.2, 0.25) is 5.91 Å². The van der Waals surface area contributed by atoms with Gasteiger partial charge in [-0.15, -0.1) is 12.4 Å². The normalized spacial score (nSPS) is 11.1. The Morgan fingerprint density at radius 3 is 2.26 bits per heavy atom. The molecule has 0 fully saturated rings. The van der Waals surface area contributed by atoms with Gasteiger partial charge in [-0.25, -0.2) is 4.79 Å². The zero-order chi connectivity index (χ0) is 23.5. The number of phenols is 1. The fourth-order valence-corrected chi connectivity index (χ4v) is 3.36. The molecule has 0 aliphatic carbocycles. The summed E-state index contributed by atoms with van der Waals surface area (Å²) in [5.41, 5.74) is 2.92. The molecule has 2 amide bonds. The van der Waals surface area contributed by atoms with E-state index in [1.54, 1.807) is 60.7 Å². The van der Waals surface area contributed by atoms with Crippen LogP contribution in [0.3, 0.4) is 0 Å². The van der Waals surface area contributed by atoms with Crippen LogP contribution in [0.2, 0.25) is 0 Å². The quantitative estimate of drug-likeness (QED) is 0.452. The van der Waals surface area contributed by atoms with Crippen molar-refractivity contribution in [2.75, 3.05) is 13.6 Å². The van der Waals surface area contributed by atoms with Gasteiger partial charge >= 0.3 is 6.09 Å². The Labute approximate surface area is 206 Å². The molecule has 2 aromatic carbocycles. The van der Waals surface area contributed by atoms with Gasteiger partial charge in [0.05, 0.1) is 0 Å². The number of aromatic hydroxyl groups is 1. The average Bonchev–Trinajstić information content (AvgIpc) is 2.85. The van der Waals surface area contributed by atoms with Crippen molar-refractivity contribution in [1.29, 1.82) is 0 Å². The molecule has 7 nitrogen and oxygen atoms in total. The topological polar surface area (TPSA) is 91.8 Å². The number of rotatable bonds is 10. The highest BCUT2D eigenvalue weighted by Gasteiger charge is 2.24. The van der Waals surface area contributed by atoms with Gasteiger partial charge in [-0.05, 0) is 60.2 Å². The fourth-order valence-electron chi connectivity index (χ4n) is 3.36. The molecule has 0 unspecified atom stereocenters. The molecule has 8 heteroatoms. The number of ether oxygens (including phenoxy) is 1. The van der Waals surface area contributed by atoms with E-state index in [2.05, 4.69) is 10.3 Å². The highest BCUT2D eigenvalue weighted by Crippen LogP contribution is 2.13. The van der Waals surface area contributed by atoms with Gasteiger partial charge in [-0.1, -0.05) is 42.5 Å². The Kier molecular flexibility index (Phi) is 10.9. The van der Waals surface area contributed by atoms with Crippen LogP contribution in [-0.4, -0.2) is 46.6 Å². The minimum Gasteiger partial charge on any atom is -0.508 e. The minimum atomic E-state index is -0.732. The first-order chi connectivity index (χ1) is 16.0. The van der Waals surface area contributed by atoms with Crippen LogP contribution in [0.4, 0.5) is 4.79 Å². The molecule has 1 atom stereocenters. The van der Waals surface area contributed by atoms with E-state index in [1.165, 1.54) is 0 Å². The van der Waals surface area contributed by atoms with E-state index < -0.39 is 12.1 Å². The average molecular weight is 484 g/mol. The molecule has 0 aliphatic heterocycles. The van der Waals surface area contributed by atoms with E-state index in [0.717, 1.165) is 23.1 Å². The molecular weight excluding hydrogens is 454 g/mol. The van der Waals surface area contributed by atoms with E-state index in [-0.39, 0.29) is 30.7 Å². The van der Waals surface area contributed by atoms with E-state index >= 15 is 0 Å². The fraction of sp³-hybridized carbons (Fsp3) is 0.269. The number of hydrogen-bond acceptors (Lipinski definition) is 5. The van der Waals surface area contributed by atoms with E-state index in [9.17, 15) is 14.7 Å². The second-order valence-corrected chi connectivity index (χ2v) is 7.83. The molecule has 0 saturated carbocycles. The molecule has 0 bridgehead atoms. The molecule has 180 valence electrons. The Balaban J connectivity index is 0.00000408. The largest absolute Gasteiger partial charge is 0.508 e. The first-order valence-electron chi connectivity index (χ1n) is 10.9. The summed E-state index contributed by atoms with van der Waals surface area (Å²) in [5, 5.41) is 12.2. The summed E-state index contributed by atoms with van der Waals surface area (Å²) >= 11 is 0. The monoisotopic (exact) mass is 483 g/mol. The summed E-state index contributed by atoms with van der Waals surface area (Å²) < 4.78 is 5.30. The summed E-state index contributed by atoms with van der Waals surface area (Å²) in [6.07, 6.45) is 4.30. The molecule has 0 spiro atoms. The Hall–Kier alpha value is -3.58. The van der Waals surface area contributed by atoms with Crippen LogP contribution in [-0.2, 0) is 29.0 Å². The predicted octanol–water partition coefficient (Wildman–Crippen LogP) is 4.14. The molecule has 34 heavy (non-hydrogen) atoms. The number of phenolic OH excluding ortho intramolecular Hbond substituents is 1. The number of hydrogen-bond donors (Lipinski definition) is 2. The number of aromatic nitrogens is 1. The first kappa shape index (κ1) is 26.7. The van der Waals surface area contributed by atoms with Gasteiger partial charge in [0.25, 0.3) is 0 Å². The number of halogens is 1. The van der Waals surface area contributed by atoms with Crippen LogP contribution < -0.4 is 5.32 Å². The van der Waals surface area contributed by atoms with Gasteiger partial charge in [-0.3, -0.25) is 9.78 Å². The maximum absolute atomic E-state index is 13.2. The highest BCUT2D eigenvalue weighted by molar-refractivity contribution is 5.86. The summed E-state index contributed by atoms with van der Waals surface area (Å²) in [7, 11) is 1.74. The van der Waals surface area contributed by atoms with Gasteiger partial charge in [0.1, 0.15) is 18.4 Å². The number of pyridine rings is 1. The Morgan fingerprint density at radius 1 is 0.941 bits per heavy atom. The van der Waals surface area contributed by atoms with Crippen LogP contribution in [0.1, 0.15) is 23.1 Å². The lowest BCUT2D eigenvalue weighted by molar-refractivity contribution is -0.132. The zero-order valence-electron chi connectivity index (χ0n) is 19.1. The second-order valence-electron chi connectivity index (χ2n) is 7.83. The van der Waals surface area contributed by atoms with Crippen LogP contribution in [0.5, 0.6) is 5.75 Å². The summed E-state index contributed by atoms with van der Waals surface area (Å²) in [4.78, 5) is 31.2. The third-order valence-corrected chi connectivity index (χ3v) is 5.32. The molecule has 0 aliphatic rings. The molecule has 3 rings (SSSR count). The van der Waals surface area contributed by atoms with Crippen LogP contribution in [0.25, 0.3) is 0 Å². The summed E-state index contributed by atoms with van der Waals surface area (Å²) in [5.74, 6) is 0.00964. The van der Waals surface area contributed by atoms with Crippen molar-refractivity contribution in [3.05, 3.63) is 95.8 Å². The number of benzene rings is 2. The minimum absolute atomic E-state index is 0. The van der Waals surface area contributed by atoms with Crippen LogP contribution >= 0.6 is 12.4 Å². The number of aryl methyl sites for hydroxylation is 1. The van der Waals surface area contributed by atoms with E-state index in [0.29, 0.717) is 19.4 Å². The molecule has 1 heterocycles. The lowest BCUT2D eigenvalue weighted by Crippen LogP contribution is -2.48. The standard InChI is InChI=1S/C26H29N3O4.ClH/c1-29(18-15-20-5-3-2-4-6-20)25(31)24(12-9-21-7-10-23(30)11-8-21)28-26(32)33-19-22-13-16-27-17-14-22;/h2-8,10-11,13-14,16-17,24,30H,9,12,15,18-19H2,1H3,(H,28,32);1H/t24-;/m0./s1. The lowest BCUT2D eigenvalue weighted by Gasteiger charge is -2.24. The van der Waals surface area contributed by atoms with Crippen molar-refractivity contribution in [3.63, 3.8) is 0 Å². The van der Waals surface area contributed by atoms with Gasteiger partial charge in [-0.2, -0.15) is 0 Å². The molecule has 3 aromatic rings. The Bertz CT molecular complexity index is 1020. The molecule has 0 saturated heterocycles. The van der Waals surface area contributed by atoms with E-state index in [4.69, 9.17) is 4.74 Å². The molecular formula is C26H30ClN3O4. The van der Waals surface area contributed by atoms with E-state index in [1.807, 2.05) is 30.3 Å². The second kappa shape index (κ2) is 13.9. The number of nitrogens with zero attached hydrogens (tertiary/aromatic N) is 2. The van der Waals surface area contributed by atoms with Crippen molar-refractivity contribution < 1.29 is 19.4 Å². The number of likely N-dealkylation sites (N-methyl/N-ethyl adjacent to an activating group) is 1. The molecule has 1 aromatic heterocycles. The maximum Gasteiger partial charge on any atom is 0.408 e. The zero-order valence-corrected chi connectivity index (χ0v) is 19.9. The van der Waals surface area contributed by atoms with Crippen molar-refractivity contribution in [2.45, 2.75) is 31.9 Å². The number of carbonyl (C=O) groups is 2. The molecule has 2 N–H and O–H groups in total. The third kappa shape index (κ3) is 8.75. The van der Waals surface area contributed by atoms with Crippen molar-refractivity contribution in [3.8, 4) is 5.75 Å². The van der Waals surface area contributed by atoms with Crippen LogP contribution in [0, 0.1) is 0 Å². The first-order valence-corrected chi connectivity index (χ1v) is 10.9. The summed E-state index contributed by atoms with van der Waals surface area (Å²) in [6, 6.07) is 19.6. The maximum atomic E-state index is 13.2. The number of carbonyl (C=O) groups excluding carboxylic acids is 2. The third-order valence-electron chi connectivity index (χ3n) is 5.32. The highest BCUT2D eigenvalue weighted by atomic mass is 35.5. The molecule has 0 radical (unpaired) electrons. The van der Waals surface area contributed by atoms with Crippen molar-refractivity contribution >= 4 is 24.4 Å². The van der Waals surface area contributed by atoms with Crippen molar-refractivity contribution in [2.24, 2.45) is 0 Å². The Morgan fingerprint density at radius 2 is 1.59 bits per heavy atom. The number of amides is 2. The van der Waals surface area contributed by atoms with Gasteiger partial charge in [0, 0.05) is 26.0 Å². The lowest BCUT2D eigenvalue weighted by atomic mass is 10.0. The van der Waals surface area contributed by atoms with Crippen molar-refractivity contribution in [1.82, 2.24) is 15.2 Å². The van der Waals surface area contributed by atoms with Crippen LogP contribution in [0.15, 0.2) is 79.1 Å². The summed E-state index contributed by atoms with van der Waals surface area (Å²) in [6.45, 7) is 0.628. The SMILES string of the molecule is CN(CCc1ccccc1)C(=O)[C@H](CCc1ccc(O)cc1)NC(=O)OCc1ccncc1.Cl. The number of nitrogens with one attached hydrogen (secondary N) is 1. The van der Waals surface area contributed by atoms with Gasteiger partial charge < -0.3 is 20.1 Å².